The number of halogens is 1. The third-order valence-corrected chi connectivity index (χ3v) is 4.35. The van der Waals surface area contributed by atoms with Crippen molar-refractivity contribution in [3.8, 4) is 0 Å². The Bertz CT molecular complexity index is 631. The lowest BCUT2D eigenvalue weighted by Gasteiger charge is -2.22. The first-order valence-corrected chi connectivity index (χ1v) is 8.61. The molecule has 0 aromatic heterocycles. The Morgan fingerprint density at radius 1 is 1.00 bits per heavy atom. The summed E-state index contributed by atoms with van der Waals surface area (Å²) in [6.45, 7) is 3.26. The van der Waals surface area contributed by atoms with Crippen LogP contribution in [0.5, 0.6) is 0 Å². The van der Waals surface area contributed by atoms with Gasteiger partial charge in [-0.1, -0.05) is 48.5 Å². The van der Waals surface area contributed by atoms with E-state index in [1.165, 1.54) is 12.8 Å². The number of carbonyl (C=O) groups excluding carboxylic acids is 1. The number of nitrogens with one attached hydrogen (secondary N) is 1. The van der Waals surface area contributed by atoms with E-state index in [1.54, 1.807) is 0 Å². The van der Waals surface area contributed by atoms with E-state index in [0.29, 0.717) is 0 Å². The number of amides is 1. The number of likely N-dealkylation sites (tertiary alicyclic amines) is 1. The smallest absolute Gasteiger partial charge is 0.412 e. The predicted molar refractivity (Wildman–Crippen MR) is 103 cm³/mol. The number of nitrogens with zero attached hydrogens (tertiary/aromatic N) is 1. The number of anilines is 1. The minimum Gasteiger partial charge on any atom is -0.441 e. The molecule has 2 aromatic rings. The van der Waals surface area contributed by atoms with Crippen LogP contribution in [0.3, 0.4) is 0 Å². The molecule has 3 rings (SSSR count). The van der Waals surface area contributed by atoms with Crippen molar-refractivity contribution in [1.82, 2.24) is 4.90 Å². The highest BCUT2D eigenvalue weighted by Crippen LogP contribution is 2.23. The van der Waals surface area contributed by atoms with Crippen molar-refractivity contribution in [3.63, 3.8) is 0 Å². The Labute approximate surface area is 155 Å². The third-order valence-electron chi connectivity index (χ3n) is 4.35. The predicted octanol–water partition coefficient (Wildman–Crippen LogP) is 4.88. The van der Waals surface area contributed by atoms with Crippen molar-refractivity contribution in [2.45, 2.75) is 25.4 Å². The van der Waals surface area contributed by atoms with Crippen LogP contribution in [0.15, 0.2) is 60.7 Å². The maximum atomic E-state index is 12.2. The van der Waals surface area contributed by atoms with E-state index >= 15 is 0 Å². The van der Waals surface area contributed by atoms with Crippen LogP contribution in [0.1, 0.15) is 30.9 Å². The van der Waals surface area contributed by atoms with Gasteiger partial charge in [-0.15, -0.1) is 12.4 Å². The first kappa shape index (κ1) is 19.3. The van der Waals surface area contributed by atoms with Crippen molar-refractivity contribution in [2.24, 2.45) is 0 Å². The average Bonchev–Trinajstić information content (AvgIpc) is 3.14. The molecule has 0 saturated carbocycles. The fourth-order valence-electron chi connectivity index (χ4n) is 3.07. The van der Waals surface area contributed by atoms with Gasteiger partial charge in [0.25, 0.3) is 0 Å². The molecule has 1 amide bonds. The molecule has 0 radical (unpaired) electrons. The van der Waals surface area contributed by atoms with Crippen LogP contribution in [0.25, 0.3) is 0 Å². The van der Waals surface area contributed by atoms with Gasteiger partial charge < -0.3 is 9.64 Å². The van der Waals surface area contributed by atoms with Crippen molar-refractivity contribution in [2.75, 3.05) is 25.0 Å². The van der Waals surface area contributed by atoms with Gasteiger partial charge in [0.15, 0.2) is 0 Å². The highest BCUT2D eigenvalue weighted by Gasteiger charge is 2.19. The Morgan fingerprint density at radius 2 is 1.60 bits per heavy atom. The topological polar surface area (TPSA) is 41.6 Å². The van der Waals surface area contributed by atoms with Crippen LogP contribution < -0.4 is 5.32 Å². The molecule has 0 aliphatic carbocycles. The minimum atomic E-state index is -0.406. The normalized spacial score (nSPS) is 15.2. The molecule has 1 fully saturated rings. The minimum absolute atomic E-state index is 0. The van der Waals surface area contributed by atoms with Crippen molar-refractivity contribution >= 4 is 24.2 Å². The molecular formula is C20H25ClN2O2. The van der Waals surface area contributed by atoms with E-state index in [-0.39, 0.29) is 18.5 Å². The molecule has 1 atom stereocenters. The quantitative estimate of drug-likeness (QED) is 0.797. The average molecular weight is 361 g/mol. The van der Waals surface area contributed by atoms with Gasteiger partial charge in [-0.3, -0.25) is 5.32 Å². The fraction of sp³-hybridized carbons (Fsp3) is 0.350. The van der Waals surface area contributed by atoms with Crippen molar-refractivity contribution in [1.29, 1.82) is 0 Å². The SMILES string of the molecule is Cl.O=C(Nc1ccccc1)OC(CCN1CCCC1)c1ccccc1. The lowest BCUT2D eigenvalue weighted by atomic mass is 10.1. The van der Waals surface area contributed by atoms with Gasteiger partial charge in [-0.05, 0) is 43.6 Å². The molecule has 1 saturated heterocycles. The second kappa shape index (κ2) is 10.1. The second-order valence-electron chi connectivity index (χ2n) is 6.13. The van der Waals surface area contributed by atoms with Gasteiger partial charge >= 0.3 is 6.09 Å². The molecule has 0 bridgehead atoms. The van der Waals surface area contributed by atoms with Crippen molar-refractivity contribution in [3.05, 3.63) is 66.2 Å². The fourth-order valence-corrected chi connectivity index (χ4v) is 3.07. The number of ether oxygens (including phenoxy) is 1. The molecule has 1 aliphatic heterocycles. The number of hydrogen-bond acceptors (Lipinski definition) is 3. The van der Waals surface area contributed by atoms with Crippen LogP contribution in [-0.4, -0.2) is 30.6 Å². The van der Waals surface area contributed by atoms with Gasteiger partial charge in [0.2, 0.25) is 0 Å². The van der Waals surface area contributed by atoms with Gasteiger partial charge in [0, 0.05) is 18.7 Å². The zero-order valence-electron chi connectivity index (χ0n) is 14.3. The van der Waals surface area contributed by atoms with E-state index in [4.69, 9.17) is 4.74 Å². The first-order chi connectivity index (χ1) is 11.8. The Balaban J connectivity index is 0.00000225. The van der Waals surface area contributed by atoms with E-state index in [9.17, 15) is 4.79 Å². The Morgan fingerprint density at radius 3 is 2.24 bits per heavy atom. The summed E-state index contributed by atoms with van der Waals surface area (Å²) in [5.41, 5.74) is 1.79. The maximum Gasteiger partial charge on any atom is 0.412 e. The number of carbonyl (C=O) groups is 1. The molecule has 2 aromatic carbocycles. The van der Waals surface area contributed by atoms with E-state index in [1.807, 2.05) is 60.7 Å². The molecule has 5 heteroatoms. The number of benzene rings is 2. The van der Waals surface area contributed by atoms with Crippen molar-refractivity contribution < 1.29 is 9.53 Å². The van der Waals surface area contributed by atoms with Gasteiger partial charge in [-0.2, -0.15) is 0 Å². The van der Waals surface area contributed by atoms with E-state index < -0.39 is 6.09 Å². The highest BCUT2D eigenvalue weighted by molar-refractivity contribution is 5.85. The highest BCUT2D eigenvalue weighted by atomic mass is 35.5. The molecule has 1 N–H and O–H groups in total. The zero-order chi connectivity index (χ0) is 16.6. The zero-order valence-corrected chi connectivity index (χ0v) is 15.1. The van der Waals surface area contributed by atoms with Crippen LogP contribution in [0.2, 0.25) is 0 Å². The molecular weight excluding hydrogens is 336 g/mol. The number of rotatable bonds is 6. The molecule has 1 heterocycles. The van der Waals surface area contributed by atoms with Crippen LogP contribution >= 0.6 is 12.4 Å². The van der Waals surface area contributed by atoms with Gasteiger partial charge in [0.1, 0.15) is 6.10 Å². The van der Waals surface area contributed by atoms with Gasteiger partial charge in [0.05, 0.1) is 0 Å². The molecule has 0 spiro atoms. The summed E-state index contributed by atoms with van der Waals surface area (Å²) in [5.74, 6) is 0. The van der Waals surface area contributed by atoms with Crippen LogP contribution in [-0.2, 0) is 4.74 Å². The standard InChI is InChI=1S/C20H24N2O2.ClH/c23-20(21-18-11-5-2-6-12-18)24-19(17-9-3-1-4-10-17)13-16-22-14-7-8-15-22;/h1-6,9-12,19H,7-8,13-16H2,(H,21,23);1H. The number of hydrogen-bond donors (Lipinski definition) is 1. The second-order valence-corrected chi connectivity index (χ2v) is 6.13. The van der Waals surface area contributed by atoms with Crippen LogP contribution in [0.4, 0.5) is 10.5 Å². The summed E-state index contributed by atoms with van der Waals surface area (Å²) < 4.78 is 5.72. The molecule has 1 unspecified atom stereocenters. The first-order valence-electron chi connectivity index (χ1n) is 8.61. The summed E-state index contributed by atoms with van der Waals surface area (Å²) >= 11 is 0. The maximum absolute atomic E-state index is 12.2. The summed E-state index contributed by atoms with van der Waals surface area (Å²) in [6.07, 6.45) is 2.72. The molecule has 134 valence electrons. The lowest BCUT2D eigenvalue weighted by molar-refractivity contribution is 0.0980. The summed E-state index contributed by atoms with van der Waals surface area (Å²) in [5, 5.41) is 2.80. The van der Waals surface area contributed by atoms with E-state index in [0.717, 1.165) is 37.3 Å². The largest absolute Gasteiger partial charge is 0.441 e. The molecule has 1 aliphatic rings. The molecule has 25 heavy (non-hydrogen) atoms. The van der Waals surface area contributed by atoms with Crippen LogP contribution in [0, 0.1) is 0 Å². The van der Waals surface area contributed by atoms with E-state index in [2.05, 4.69) is 10.2 Å². The Kier molecular flexibility index (Phi) is 7.76. The van der Waals surface area contributed by atoms with Gasteiger partial charge in [-0.25, -0.2) is 4.79 Å². The Hall–Kier alpha value is -2.04. The lowest BCUT2D eigenvalue weighted by Crippen LogP contribution is -2.25. The summed E-state index contributed by atoms with van der Waals surface area (Å²) in [4.78, 5) is 14.7. The third kappa shape index (κ3) is 6.07. The summed E-state index contributed by atoms with van der Waals surface area (Å²) in [7, 11) is 0. The summed E-state index contributed by atoms with van der Waals surface area (Å²) in [6, 6.07) is 19.4. The number of para-hydroxylation sites is 1. The monoisotopic (exact) mass is 360 g/mol. The molecule has 4 nitrogen and oxygen atoms in total.